The van der Waals surface area contributed by atoms with Gasteiger partial charge in [0.25, 0.3) is 11.8 Å². The molecule has 2 rings (SSSR count). The topological polar surface area (TPSA) is 49.4 Å². The smallest absolute Gasteiger partial charge is 0.261 e. The van der Waals surface area contributed by atoms with Gasteiger partial charge in [-0.2, -0.15) is 0 Å². The van der Waals surface area contributed by atoms with E-state index in [0.29, 0.717) is 24.2 Å². The van der Waals surface area contributed by atoms with E-state index in [2.05, 4.69) is 5.32 Å². The van der Waals surface area contributed by atoms with Gasteiger partial charge in [-0.1, -0.05) is 19.1 Å². The van der Waals surface area contributed by atoms with Crippen molar-refractivity contribution in [2.75, 3.05) is 19.6 Å². The molecule has 0 atom stereocenters. The van der Waals surface area contributed by atoms with Crippen LogP contribution in [0.2, 0.25) is 0 Å². The summed E-state index contributed by atoms with van der Waals surface area (Å²) in [6.07, 6.45) is 0. The predicted molar refractivity (Wildman–Crippen MR) is 67.6 cm³/mol. The largest absolute Gasteiger partial charge is 0.315 e. The van der Waals surface area contributed by atoms with Gasteiger partial charge in [0.2, 0.25) is 0 Å². The highest BCUT2D eigenvalue weighted by Crippen LogP contribution is 2.21. The molecule has 5 heteroatoms. The number of fused-ring (bicyclic) bond motifs is 1. The maximum absolute atomic E-state index is 11.9. The minimum Gasteiger partial charge on any atom is -0.315 e. The first kappa shape index (κ1) is 13.7. The molecule has 17 heavy (non-hydrogen) atoms. The van der Waals surface area contributed by atoms with Crippen LogP contribution in [0.4, 0.5) is 0 Å². The normalized spacial score (nSPS) is 13.6. The number of hydrogen-bond donors (Lipinski definition) is 1. The third-order valence-corrected chi connectivity index (χ3v) is 2.64. The lowest BCUT2D eigenvalue weighted by atomic mass is 10.1. The third kappa shape index (κ3) is 2.48. The molecule has 1 aliphatic heterocycles. The molecule has 0 bridgehead atoms. The number of likely N-dealkylation sites (N-methyl/N-ethyl adjacent to an activating group) is 1. The second-order valence-electron chi connectivity index (χ2n) is 3.66. The van der Waals surface area contributed by atoms with Crippen LogP contribution in [-0.4, -0.2) is 36.3 Å². The lowest BCUT2D eigenvalue weighted by Crippen LogP contribution is -2.36. The number of rotatable bonds is 4. The first-order chi connectivity index (χ1) is 7.75. The summed E-state index contributed by atoms with van der Waals surface area (Å²) in [7, 11) is 0. The predicted octanol–water partition coefficient (Wildman–Crippen LogP) is 1.31. The quantitative estimate of drug-likeness (QED) is 0.651. The average molecular weight is 255 g/mol. The summed E-state index contributed by atoms with van der Waals surface area (Å²) in [4.78, 5) is 25.1. The highest BCUT2D eigenvalue weighted by molar-refractivity contribution is 6.21. The van der Waals surface area contributed by atoms with Gasteiger partial charge in [0.1, 0.15) is 0 Å². The van der Waals surface area contributed by atoms with E-state index >= 15 is 0 Å². The van der Waals surface area contributed by atoms with Gasteiger partial charge in [-0.25, -0.2) is 0 Å². The van der Waals surface area contributed by atoms with Crippen molar-refractivity contribution >= 4 is 24.2 Å². The first-order valence-electron chi connectivity index (χ1n) is 5.41. The van der Waals surface area contributed by atoms with E-state index < -0.39 is 0 Å². The van der Waals surface area contributed by atoms with E-state index in [0.717, 1.165) is 6.54 Å². The van der Waals surface area contributed by atoms with E-state index in [9.17, 15) is 9.59 Å². The van der Waals surface area contributed by atoms with Crippen LogP contribution in [0.15, 0.2) is 24.3 Å². The van der Waals surface area contributed by atoms with Crippen LogP contribution in [0, 0.1) is 0 Å². The zero-order chi connectivity index (χ0) is 11.5. The van der Waals surface area contributed by atoms with Crippen LogP contribution >= 0.6 is 12.4 Å². The van der Waals surface area contributed by atoms with Crippen LogP contribution in [0.3, 0.4) is 0 Å². The lowest BCUT2D eigenvalue weighted by Gasteiger charge is -2.13. The van der Waals surface area contributed by atoms with Gasteiger partial charge < -0.3 is 5.32 Å². The number of nitrogens with zero attached hydrogens (tertiary/aromatic N) is 1. The molecule has 1 aromatic rings. The molecule has 1 aromatic carbocycles. The molecule has 1 N–H and O–H groups in total. The fourth-order valence-electron chi connectivity index (χ4n) is 1.81. The van der Waals surface area contributed by atoms with E-state index in [-0.39, 0.29) is 24.2 Å². The minimum absolute atomic E-state index is 0. The summed E-state index contributed by atoms with van der Waals surface area (Å²) >= 11 is 0. The van der Waals surface area contributed by atoms with Crippen LogP contribution in [0.1, 0.15) is 27.6 Å². The van der Waals surface area contributed by atoms with Crippen molar-refractivity contribution in [1.29, 1.82) is 0 Å². The number of carbonyl (C=O) groups excluding carboxylic acids is 2. The minimum atomic E-state index is -0.182. The van der Waals surface area contributed by atoms with Crippen molar-refractivity contribution in [3.05, 3.63) is 35.4 Å². The molecular weight excluding hydrogens is 240 g/mol. The Labute approximate surface area is 106 Å². The molecule has 0 aliphatic carbocycles. The fraction of sp³-hybridized carbons (Fsp3) is 0.333. The molecule has 0 saturated carbocycles. The van der Waals surface area contributed by atoms with Crippen LogP contribution < -0.4 is 5.32 Å². The van der Waals surface area contributed by atoms with Crippen LogP contribution in [0.5, 0.6) is 0 Å². The van der Waals surface area contributed by atoms with Crippen molar-refractivity contribution in [3.8, 4) is 0 Å². The molecule has 0 saturated heterocycles. The van der Waals surface area contributed by atoms with Gasteiger partial charge in [-0.15, -0.1) is 12.4 Å². The van der Waals surface area contributed by atoms with Crippen molar-refractivity contribution in [2.45, 2.75) is 6.92 Å². The molecule has 0 aromatic heterocycles. The average Bonchev–Trinajstić information content (AvgIpc) is 2.55. The molecule has 4 nitrogen and oxygen atoms in total. The molecule has 2 amide bonds. The zero-order valence-corrected chi connectivity index (χ0v) is 10.4. The van der Waals surface area contributed by atoms with Crippen LogP contribution in [0.25, 0.3) is 0 Å². The summed E-state index contributed by atoms with van der Waals surface area (Å²) in [5.74, 6) is -0.364. The summed E-state index contributed by atoms with van der Waals surface area (Å²) in [5.41, 5.74) is 1.04. The maximum Gasteiger partial charge on any atom is 0.261 e. The van der Waals surface area contributed by atoms with E-state index in [1.54, 1.807) is 24.3 Å². The number of hydrogen-bond acceptors (Lipinski definition) is 3. The Hall–Kier alpha value is -1.39. The molecular formula is C12H15ClN2O2. The van der Waals surface area contributed by atoms with E-state index in [4.69, 9.17) is 0 Å². The zero-order valence-electron chi connectivity index (χ0n) is 9.60. The van der Waals surface area contributed by atoms with Gasteiger partial charge in [0.05, 0.1) is 11.1 Å². The summed E-state index contributed by atoms with van der Waals surface area (Å²) in [6, 6.07) is 6.95. The Morgan fingerprint density at radius 2 is 1.65 bits per heavy atom. The van der Waals surface area contributed by atoms with Gasteiger partial charge >= 0.3 is 0 Å². The van der Waals surface area contributed by atoms with Gasteiger partial charge in [0.15, 0.2) is 0 Å². The highest BCUT2D eigenvalue weighted by Gasteiger charge is 2.34. The van der Waals surface area contributed by atoms with Crippen molar-refractivity contribution in [1.82, 2.24) is 10.2 Å². The van der Waals surface area contributed by atoms with E-state index in [1.165, 1.54) is 4.90 Å². The number of halogens is 1. The molecule has 0 spiro atoms. The van der Waals surface area contributed by atoms with Crippen LogP contribution in [-0.2, 0) is 0 Å². The lowest BCUT2D eigenvalue weighted by molar-refractivity contribution is 0.0656. The first-order valence-corrected chi connectivity index (χ1v) is 5.41. The maximum atomic E-state index is 11.9. The van der Waals surface area contributed by atoms with E-state index in [1.807, 2.05) is 6.92 Å². The van der Waals surface area contributed by atoms with Crippen molar-refractivity contribution in [3.63, 3.8) is 0 Å². The molecule has 0 unspecified atom stereocenters. The highest BCUT2D eigenvalue weighted by atomic mass is 35.5. The Morgan fingerprint density at radius 1 is 1.12 bits per heavy atom. The van der Waals surface area contributed by atoms with Gasteiger partial charge in [-0.3, -0.25) is 14.5 Å². The summed E-state index contributed by atoms with van der Waals surface area (Å²) < 4.78 is 0. The molecule has 0 fully saturated rings. The Kier molecular flexibility index (Phi) is 4.66. The standard InChI is InChI=1S/C12H14N2O2.ClH/c1-2-13-7-8-14-11(15)9-5-3-4-6-10(9)12(14)16;/h3-6,13H,2,7-8H2,1H3;1H. The van der Waals surface area contributed by atoms with Crippen molar-refractivity contribution < 1.29 is 9.59 Å². The Morgan fingerprint density at radius 3 is 2.12 bits per heavy atom. The number of benzene rings is 1. The Balaban J connectivity index is 0.00000144. The number of nitrogens with one attached hydrogen (secondary N) is 1. The summed E-state index contributed by atoms with van der Waals surface area (Å²) in [5, 5.41) is 3.10. The molecule has 1 heterocycles. The second-order valence-corrected chi connectivity index (χ2v) is 3.66. The fourth-order valence-corrected chi connectivity index (χ4v) is 1.81. The second kappa shape index (κ2) is 5.80. The number of carbonyl (C=O) groups is 2. The third-order valence-electron chi connectivity index (χ3n) is 2.64. The van der Waals surface area contributed by atoms with Gasteiger partial charge in [-0.05, 0) is 18.7 Å². The molecule has 1 aliphatic rings. The molecule has 0 radical (unpaired) electrons. The van der Waals surface area contributed by atoms with Crippen molar-refractivity contribution in [2.24, 2.45) is 0 Å². The number of amides is 2. The Bertz CT molecular complexity index is 399. The SMILES string of the molecule is CCNCCN1C(=O)c2ccccc2C1=O.Cl. The number of imide groups is 1. The summed E-state index contributed by atoms with van der Waals surface area (Å²) in [6.45, 7) is 3.90. The van der Waals surface area contributed by atoms with Gasteiger partial charge in [0, 0.05) is 13.1 Å². The monoisotopic (exact) mass is 254 g/mol. The molecule has 92 valence electrons.